The summed E-state index contributed by atoms with van der Waals surface area (Å²) >= 11 is 0. The molecule has 0 spiro atoms. The second-order valence-electron chi connectivity index (χ2n) is 6.48. The van der Waals surface area contributed by atoms with Crippen LogP contribution in [0.25, 0.3) is 11.3 Å². The third-order valence-corrected chi connectivity index (χ3v) is 4.51. The molecule has 0 bridgehead atoms. The first-order chi connectivity index (χ1) is 11.5. The van der Waals surface area contributed by atoms with Gasteiger partial charge in [0.2, 0.25) is 0 Å². The monoisotopic (exact) mass is 327 g/mol. The molecule has 2 heterocycles. The smallest absolute Gasteiger partial charge is 0.308 e. The van der Waals surface area contributed by atoms with Crippen molar-refractivity contribution in [3.63, 3.8) is 0 Å². The molecule has 0 radical (unpaired) electrons. The van der Waals surface area contributed by atoms with Gasteiger partial charge in [-0.15, -0.1) is 0 Å². The molecule has 6 heteroatoms. The van der Waals surface area contributed by atoms with Crippen molar-refractivity contribution in [2.45, 2.75) is 13.3 Å². The maximum Gasteiger partial charge on any atom is 0.308 e. The summed E-state index contributed by atoms with van der Waals surface area (Å²) in [7, 11) is 1.80. The lowest BCUT2D eigenvalue weighted by Crippen LogP contribution is -2.45. The van der Waals surface area contributed by atoms with Crippen molar-refractivity contribution in [3.8, 4) is 11.3 Å². The van der Waals surface area contributed by atoms with Crippen molar-refractivity contribution in [2.75, 3.05) is 13.1 Å². The molecular formula is C18H21N3O3. The SMILES string of the molecule is CC1CC(C(=O)O)CN(C(=O)c2cnn(C)c2-c2ccccc2)C1. The van der Waals surface area contributed by atoms with E-state index >= 15 is 0 Å². The average Bonchev–Trinajstić information content (AvgIpc) is 2.96. The molecule has 1 aliphatic rings. The number of carbonyl (C=O) groups is 2. The maximum atomic E-state index is 13.0. The van der Waals surface area contributed by atoms with Gasteiger partial charge >= 0.3 is 5.97 Å². The van der Waals surface area contributed by atoms with Crippen LogP contribution < -0.4 is 0 Å². The molecule has 6 nitrogen and oxygen atoms in total. The largest absolute Gasteiger partial charge is 0.481 e. The fraction of sp³-hybridized carbons (Fsp3) is 0.389. The predicted molar refractivity (Wildman–Crippen MR) is 89.5 cm³/mol. The molecule has 126 valence electrons. The first kappa shape index (κ1) is 16.2. The van der Waals surface area contributed by atoms with E-state index in [-0.39, 0.29) is 18.4 Å². The molecule has 1 aromatic carbocycles. The van der Waals surface area contributed by atoms with Gasteiger partial charge in [-0.05, 0) is 12.3 Å². The lowest BCUT2D eigenvalue weighted by molar-refractivity contribution is -0.143. The Morgan fingerprint density at radius 1 is 1.21 bits per heavy atom. The molecule has 1 aromatic heterocycles. The van der Waals surface area contributed by atoms with Crippen molar-refractivity contribution in [3.05, 3.63) is 42.1 Å². The average molecular weight is 327 g/mol. The van der Waals surface area contributed by atoms with Crippen molar-refractivity contribution < 1.29 is 14.7 Å². The number of aliphatic carboxylic acids is 1. The molecule has 1 amide bonds. The zero-order chi connectivity index (χ0) is 17.3. The number of carboxylic acids is 1. The summed E-state index contributed by atoms with van der Waals surface area (Å²) in [5, 5.41) is 13.5. The van der Waals surface area contributed by atoms with Crippen molar-refractivity contribution in [2.24, 2.45) is 18.9 Å². The molecule has 1 saturated heterocycles. The Morgan fingerprint density at radius 2 is 1.92 bits per heavy atom. The Hall–Kier alpha value is -2.63. The highest BCUT2D eigenvalue weighted by molar-refractivity contribution is 6.00. The first-order valence-electron chi connectivity index (χ1n) is 8.07. The summed E-state index contributed by atoms with van der Waals surface area (Å²) in [5.74, 6) is -1.33. The fourth-order valence-electron chi connectivity index (χ4n) is 3.40. The molecule has 3 rings (SSSR count). The van der Waals surface area contributed by atoms with E-state index in [0.717, 1.165) is 11.3 Å². The molecule has 2 atom stereocenters. The quantitative estimate of drug-likeness (QED) is 0.938. The first-order valence-corrected chi connectivity index (χ1v) is 8.07. The Labute approximate surface area is 140 Å². The van der Waals surface area contributed by atoms with Gasteiger partial charge in [0.05, 0.1) is 23.4 Å². The lowest BCUT2D eigenvalue weighted by Gasteiger charge is -2.34. The number of carboxylic acid groups (broad SMARTS) is 1. The fourth-order valence-corrected chi connectivity index (χ4v) is 3.40. The summed E-state index contributed by atoms with van der Waals surface area (Å²) < 4.78 is 1.69. The number of aromatic nitrogens is 2. The van der Waals surface area contributed by atoms with E-state index in [1.807, 2.05) is 37.3 Å². The molecule has 2 unspecified atom stereocenters. The maximum absolute atomic E-state index is 13.0. The number of amides is 1. The number of piperidine rings is 1. The van der Waals surface area contributed by atoms with Gasteiger partial charge in [-0.2, -0.15) is 5.10 Å². The molecular weight excluding hydrogens is 306 g/mol. The molecule has 0 aliphatic carbocycles. The number of rotatable bonds is 3. The van der Waals surface area contributed by atoms with Crippen LogP contribution in [0.5, 0.6) is 0 Å². The molecule has 2 aromatic rings. The number of aryl methyl sites for hydroxylation is 1. The number of benzene rings is 1. The van der Waals surface area contributed by atoms with Crippen molar-refractivity contribution in [1.82, 2.24) is 14.7 Å². The minimum absolute atomic E-state index is 0.153. The van der Waals surface area contributed by atoms with Crippen LogP contribution in [0.15, 0.2) is 36.5 Å². The lowest BCUT2D eigenvalue weighted by atomic mass is 9.90. The Bertz CT molecular complexity index is 754. The third-order valence-electron chi connectivity index (χ3n) is 4.51. The zero-order valence-corrected chi connectivity index (χ0v) is 13.8. The van der Waals surface area contributed by atoms with Crippen molar-refractivity contribution in [1.29, 1.82) is 0 Å². The van der Waals surface area contributed by atoms with E-state index in [1.54, 1.807) is 22.8 Å². The van der Waals surface area contributed by atoms with Crippen LogP contribution >= 0.6 is 0 Å². The van der Waals surface area contributed by atoms with Gasteiger partial charge in [0.15, 0.2) is 0 Å². The van der Waals surface area contributed by atoms with E-state index in [1.165, 1.54) is 0 Å². The van der Waals surface area contributed by atoms with Gasteiger partial charge in [-0.1, -0.05) is 37.3 Å². The number of carbonyl (C=O) groups excluding carboxylic acids is 1. The minimum Gasteiger partial charge on any atom is -0.481 e. The van der Waals surface area contributed by atoms with Gasteiger partial charge in [0.1, 0.15) is 0 Å². The van der Waals surface area contributed by atoms with Gasteiger partial charge in [0, 0.05) is 25.7 Å². The van der Waals surface area contributed by atoms with Crippen LogP contribution in [-0.4, -0.2) is 44.8 Å². The van der Waals surface area contributed by atoms with Crippen LogP contribution in [0, 0.1) is 11.8 Å². The molecule has 24 heavy (non-hydrogen) atoms. The third kappa shape index (κ3) is 3.04. The second kappa shape index (κ2) is 6.47. The second-order valence-corrected chi connectivity index (χ2v) is 6.48. The normalized spacial score (nSPS) is 20.8. The Kier molecular flexibility index (Phi) is 4.38. The van der Waals surface area contributed by atoms with Gasteiger partial charge in [0.25, 0.3) is 5.91 Å². The van der Waals surface area contributed by atoms with Crippen LogP contribution in [0.1, 0.15) is 23.7 Å². The highest BCUT2D eigenvalue weighted by atomic mass is 16.4. The summed E-state index contributed by atoms with van der Waals surface area (Å²) in [6.07, 6.45) is 2.18. The minimum atomic E-state index is -0.839. The summed E-state index contributed by atoms with van der Waals surface area (Å²) in [5.41, 5.74) is 2.19. The summed E-state index contributed by atoms with van der Waals surface area (Å²) in [4.78, 5) is 26.0. The van der Waals surface area contributed by atoms with Crippen LogP contribution in [0.2, 0.25) is 0 Å². The number of likely N-dealkylation sites (tertiary alicyclic amines) is 1. The molecule has 0 saturated carbocycles. The molecule has 1 fully saturated rings. The number of hydrogen-bond donors (Lipinski definition) is 1. The van der Waals surface area contributed by atoms with Crippen molar-refractivity contribution >= 4 is 11.9 Å². The standard InChI is InChI=1S/C18H21N3O3/c1-12-8-14(18(23)24)11-21(10-12)17(22)15-9-19-20(2)16(15)13-6-4-3-5-7-13/h3-7,9,12,14H,8,10-11H2,1-2H3,(H,23,24). The number of nitrogens with zero attached hydrogens (tertiary/aromatic N) is 3. The van der Waals surface area contributed by atoms with E-state index in [0.29, 0.717) is 18.5 Å². The molecule has 1 N–H and O–H groups in total. The van der Waals surface area contributed by atoms with Gasteiger partial charge < -0.3 is 10.0 Å². The van der Waals surface area contributed by atoms with E-state index in [4.69, 9.17) is 0 Å². The zero-order valence-electron chi connectivity index (χ0n) is 13.8. The van der Waals surface area contributed by atoms with Crippen LogP contribution in [0.3, 0.4) is 0 Å². The van der Waals surface area contributed by atoms with E-state index in [2.05, 4.69) is 5.10 Å². The van der Waals surface area contributed by atoms with Gasteiger partial charge in [-0.3, -0.25) is 14.3 Å². The van der Waals surface area contributed by atoms with E-state index in [9.17, 15) is 14.7 Å². The number of hydrogen-bond acceptors (Lipinski definition) is 3. The van der Waals surface area contributed by atoms with E-state index < -0.39 is 11.9 Å². The van der Waals surface area contributed by atoms with Crippen LogP contribution in [-0.2, 0) is 11.8 Å². The highest BCUT2D eigenvalue weighted by Crippen LogP contribution is 2.27. The van der Waals surface area contributed by atoms with Gasteiger partial charge in [-0.25, -0.2) is 0 Å². The highest BCUT2D eigenvalue weighted by Gasteiger charge is 2.33. The molecule has 1 aliphatic heterocycles. The predicted octanol–water partition coefficient (Wildman–Crippen LogP) is 2.27. The topological polar surface area (TPSA) is 75.4 Å². The van der Waals surface area contributed by atoms with Crippen LogP contribution in [0.4, 0.5) is 0 Å². The summed E-state index contributed by atoms with van der Waals surface area (Å²) in [6, 6.07) is 9.63. The summed E-state index contributed by atoms with van der Waals surface area (Å²) in [6.45, 7) is 2.81. The Morgan fingerprint density at radius 3 is 2.58 bits per heavy atom. The Balaban J connectivity index is 1.92.